The Labute approximate surface area is 167 Å². The summed E-state index contributed by atoms with van der Waals surface area (Å²) in [5, 5.41) is 4.44. The maximum Gasteiger partial charge on any atom is 0.324 e. The maximum absolute atomic E-state index is 14.3. The van der Waals surface area contributed by atoms with Crippen LogP contribution in [0.3, 0.4) is 0 Å². The number of halogens is 3. The molecule has 0 bridgehead atoms. The highest BCUT2D eigenvalue weighted by molar-refractivity contribution is 6.36. The van der Waals surface area contributed by atoms with Crippen LogP contribution in [-0.2, 0) is 0 Å². The molecule has 0 aliphatic carbocycles. The summed E-state index contributed by atoms with van der Waals surface area (Å²) in [4.78, 5) is 25.4. The predicted octanol–water partition coefficient (Wildman–Crippen LogP) is 5.66. The van der Waals surface area contributed by atoms with E-state index in [0.29, 0.717) is 21.7 Å². The normalized spacial score (nSPS) is 10.8. The van der Waals surface area contributed by atoms with E-state index in [4.69, 9.17) is 29.8 Å². The molecule has 0 aliphatic heterocycles. The number of pyridine rings is 2. The number of anilines is 2. The average Bonchev–Trinajstić information content (AvgIpc) is 3.07. The Balaban J connectivity index is 1.89. The van der Waals surface area contributed by atoms with Crippen molar-refractivity contribution < 1.29 is 4.39 Å². The topological polar surface area (TPSA) is 77.9 Å². The van der Waals surface area contributed by atoms with E-state index in [0.717, 1.165) is 0 Å². The molecule has 1 aromatic carbocycles. The molecule has 0 radical (unpaired) electrons. The standard InChI is InChI=1S/C19H10Cl2FN5O/c1-23-17-15(26-14-4-5-24-18-16(14)12(21)8-25-18)7-11(19(28)27-17)10-6-9(20)2-3-13(10)22/h2-8H,(H,27,28)(H2,24,25,26). The Kier molecular flexibility index (Phi) is 4.51. The highest BCUT2D eigenvalue weighted by Crippen LogP contribution is 2.35. The third-order valence-corrected chi connectivity index (χ3v) is 4.68. The summed E-state index contributed by atoms with van der Waals surface area (Å²) in [5.74, 6) is -0.621. The zero-order valence-electron chi connectivity index (χ0n) is 14.0. The van der Waals surface area contributed by atoms with Crippen LogP contribution in [0.25, 0.3) is 27.0 Å². The molecule has 4 rings (SSSR count). The Morgan fingerprint density at radius 2 is 1.96 bits per heavy atom. The van der Waals surface area contributed by atoms with Crippen molar-refractivity contribution in [3.05, 3.63) is 80.4 Å². The first-order valence-corrected chi connectivity index (χ1v) is 8.72. The Hall–Kier alpha value is -3.34. The lowest BCUT2D eigenvalue weighted by Gasteiger charge is -2.12. The second-order valence-corrected chi connectivity index (χ2v) is 6.70. The first-order chi connectivity index (χ1) is 13.5. The summed E-state index contributed by atoms with van der Waals surface area (Å²) in [6, 6.07) is 7.02. The molecule has 6 nitrogen and oxygen atoms in total. The zero-order valence-corrected chi connectivity index (χ0v) is 15.5. The molecule has 28 heavy (non-hydrogen) atoms. The number of nitrogens with one attached hydrogen (secondary N) is 3. The van der Waals surface area contributed by atoms with E-state index in [1.165, 1.54) is 24.3 Å². The summed E-state index contributed by atoms with van der Waals surface area (Å²) < 4.78 is 14.3. The first kappa shape index (κ1) is 18.0. The summed E-state index contributed by atoms with van der Waals surface area (Å²) in [6.45, 7) is 7.35. The summed E-state index contributed by atoms with van der Waals surface area (Å²) in [6.07, 6.45) is 3.16. The molecule has 3 aromatic heterocycles. The van der Waals surface area contributed by atoms with Gasteiger partial charge in [0, 0.05) is 23.0 Å². The van der Waals surface area contributed by atoms with Gasteiger partial charge in [-0.05, 0) is 30.3 Å². The van der Waals surface area contributed by atoms with Gasteiger partial charge in [-0.2, -0.15) is 0 Å². The Morgan fingerprint density at radius 3 is 2.75 bits per heavy atom. The van der Waals surface area contributed by atoms with Crippen molar-refractivity contribution in [1.29, 1.82) is 0 Å². The maximum atomic E-state index is 14.3. The van der Waals surface area contributed by atoms with E-state index in [9.17, 15) is 9.18 Å². The van der Waals surface area contributed by atoms with Crippen LogP contribution in [0.4, 0.5) is 21.6 Å². The molecule has 0 unspecified atom stereocenters. The lowest BCUT2D eigenvalue weighted by atomic mass is 10.1. The molecule has 9 heteroatoms. The second-order valence-electron chi connectivity index (χ2n) is 5.85. The number of rotatable bonds is 3. The molecule has 0 aliphatic rings. The van der Waals surface area contributed by atoms with Gasteiger partial charge in [0.25, 0.3) is 5.82 Å². The minimum atomic E-state index is -0.601. The van der Waals surface area contributed by atoms with Crippen LogP contribution in [0.5, 0.6) is 0 Å². The zero-order chi connectivity index (χ0) is 19.8. The monoisotopic (exact) mass is 413 g/mol. The SMILES string of the molecule is [C-]#[N+]c1[nH]c(=O)c(-c2cc(Cl)ccc2F)cc1Nc1ccnc2[nH]cc(Cl)c12. The fourth-order valence-corrected chi connectivity index (χ4v) is 3.29. The number of hydrogen-bond acceptors (Lipinski definition) is 3. The van der Waals surface area contributed by atoms with Gasteiger partial charge in [-0.25, -0.2) is 14.2 Å². The van der Waals surface area contributed by atoms with Crippen LogP contribution in [0.1, 0.15) is 0 Å². The van der Waals surface area contributed by atoms with Gasteiger partial charge in [0.1, 0.15) is 11.5 Å². The quantitative estimate of drug-likeness (QED) is 0.379. The van der Waals surface area contributed by atoms with Gasteiger partial charge in [0.05, 0.1) is 27.3 Å². The fraction of sp³-hybridized carbons (Fsp3) is 0. The number of aromatic amines is 2. The van der Waals surface area contributed by atoms with Crippen molar-refractivity contribution in [2.75, 3.05) is 5.32 Å². The summed E-state index contributed by atoms with van der Waals surface area (Å²) in [7, 11) is 0. The molecular formula is C19H10Cl2FN5O. The van der Waals surface area contributed by atoms with E-state index in [2.05, 4.69) is 25.1 Å². The van der Waals surface area contributed by atoms with Gasteiger partial charge in [-0.15, -0.1) is 0 Å². The largest absolute Gasteiger partial charge is 0.363 e. The number of nitrogens with zero attached hydrogens (tertiary/aromatic N) is 2. The van der Waals surface area contributed by atoms with Crippen molar-refractivity contribution in [2.24, 2.45) is 0 Å². The molecule has 4 aromatic rings. The molecule has 3 N–H and O–H groups in total. The van der Waals surface area contributed by atoms with Crippen molar-refractivity contribution in [3.63, 3.8) is 0 Å². The smallest absolute Gasteiger partial charge is 0.324 e. The number of hydrogen-bond donors (Lipinski definition) is 3. The van der Waals surface area contributed by atoms with E-state index in [-0.39, 0.29) is 27.7 Å². The molecule has 0 fully saturated rings. The number of H-pyrrole nitrogens is 2. The molecule has 0 saturated heterocycles. The Bertz CT molecular complexity index is 1320. The molecule has 0 spiro atoms. The molecule has 0 amide bonds. The van der Waals surface area contributed by atoms with Crippen molar-refractivity contribution >= 4 is 51.4 Å². The highest BCUT2D eigenvalue weighted by atomic mass is 35.5. The van der Waals surface area contributed by atoms with E-state index in [1.807, 2.05) is 0 Å². The van der Waals surface area contributed by atoms with Crippen LogP contribution in [0, 0.1) is 12.4 Å². The van der Waals surface area contributed by atoms with Crippen molar-refractivity contribution in [1.82, 2.24) is 15.0 Å². The highest BCUT2D eigenvalue weighted by Gasteiger charge is 2.17. The third-order valence-electron chi connectivity index (χ3n) is 4.15. The molecular weight excluding hydrogens is 404 g/mol. The molecule has 3 heterocycles. The molecule has 138 valence electrons. The van der Waals surface area contributed by atoms with Gasteiger partial charge in [0.15, 0.2) is 0 Å². The lowest BCUT2D eigenvalue weighted by Crippen LogP contribution is -2.10. The van der Waals surface area contributed by atoms with Crippen LogP contribution >= 0.6 is 23.2 Å². The summed E-state index contributed by atoms with van der Waals surface area (Å²) in [5.41, 5.74) is 0.898. The predicted molar refractivity (Wildman–Crippen MR) is 108 cm³/mol. The van der Waals surface area contributed by atoms with Gasteiger partial charge >= 0.3 is 5.56 Å². The minimum Gasteiger partial charge on any atom is -0.363 e. The first-order valence-electron chi connectivity index (χ1n) is 7.96. The van der Waals surface area contributed by atoms with Crippen LogP contribution in [-0.4, -0.2) is 15.0 Å². The van der Waals surface area contributed by atoms with Crippen molar-refractivity contribution in [2.45, 2.75) is 0 Å². The van der Waals surface area contributed by atoms with Crippen LogP contribution < -0.4 is 10.9 Å². The number of benzene rings is 1. The third kappa shape index (κ3) is 3.09. The summed E-state index contributed by atoms with van der Waals surface area (Å²) >= 11 is 12.2. The van der Waals surface area contributed by atoms with E-state index < -0.39 is 11.4 Å². The van der Waals surface area contributed by atoms with E-state index in [1.54, 1.807) is 18.5 Å². The average molecular weight is 414 g/mol. The lowest BCUT2D eigenvalue weighted by molar-refractivity contribution is 0.631. The molecule has 0 saturated carbocycles. The van der Waals surface area contributed by atoms with Gasteiger partial charge in [-0.1, -0.05) is 29.8 Å². The van der Waals surface area contributed by atoms with E-state index >= 15 is 0 Å². The van der Waals surface area contributed by atoms with Crippen LogP contribution in [0.2, 0.25) is 10.0 Å². The van der Waals surface area contributed by atoms with Gasteiger partial charge in [0.2, 0.25) is 0 Å². The second kappa shape index (κ2) is 7.00. The van der Waals surface area contributed by atoms with Crippen LogP contribution in [0.15, 0.2) is 47.5 Å². The van der Waals surface area contributed by atoms with Gasteiger partial charge in [-0.3, -0.25) is 4.98 Å². The van der Waals surface area contributed by atoms with Gasteiger partial charge < -0.3 is 15.1 Å². The van der Waals surface area contributed by atoms with Crippen molar-refractivity contribution in [3.8, 4) is 11.1 Å². The molecule has 0 atom stereocenters. The number of aromatic nitrogens is 3. The number of fused-ring (bicyclic) bond motifs is 1. The minimum absolute atomic E-state index is 0.0205. The Morgan fingerprint density at radius 1 is 1.14 bits per heavy atom. The fourth-order valence-electron chi connectivity index (χ4n) is 2.87.